The Morgan fingerprint density at radius 2 is 2.00 bits per heavy atom. The van der Waals surface area contributed by atoms with Gasteiger partial charge >= 0.3 is 11.7 Å². The molecule has 1 saturated heterocycles. The minimum Gasteiger partial charge on any atom is -0.466 e. The minimum absolute atomic E-state index is 0.129. The van der Waals surface area contributed by atoms with Crippen LogP contribution in [0.4, 0.5) is 23.0 Å². The maximum absolute atomic E-state index is 11.9. The number of rotatable bonds is 6. The largest absolute Gasteiger partial charge is 0.466 e. The molecular formula is C18H20BrN5O4. The van der Waals surface area contributed by atoms with Crippen molar-refractivity contribution in [1.29, 1.82) is 0 Å². The highest BCUT2D eigenvalue weighted by Gasteiger charge is 2.32. The normalized spacial score (nSPS) is 14.6. The molecule has 0 atom stereocenters. The second-order valence-corrected chi connectivity index (χ2v) is 7.21. The molecule has 0 aliphatic carbocycles. The fourth-order valence-electron chi connectivity index (χ4n) is 3.12. The molecule has 148 valence electrons. The number of esters is 1. The Morgan fingerprint density at radius 1 is 1.32 bits per heavy atom. The van der Waals surface area contributed by atoms with Gasteiger partial charge in [0, 0.05) is 23.2 Å². The summed E-state index contributed by atoms with van der Waals surface area (Å²) in [5, 5.41) is 14.8. The zero-order valence-electron chi connectivity index (χ0n) is 15.3. The Labute approximate surface area is 170 Å². The zero-order chi connectivity index (χ0) is 20.1. The van der Waals surface area contributed by atoms with Crippen molar-refractivity contribution in [3.8, 4) is 0 Å². The van der Waals surface area contributed by atoms with Crippen molar-refractivity contribution in [3.05, 3.63) is 45.2 Å². The van der Waals surface area contributed by atoms with E-state index in [-0.39, 0.29) is 29.2 Å². The Hall–Kier alpha value is -2.75. The second kappa shape index (κ2) is 8.96. The molecule has 9 nitrogen and oxygen atoms in total. The molecule has 28 heavy (non-hydrogen) atoms. The lowest BCUT2D eigenvalue weighted by molar-refractivity contribution is -0.383. The SMILES string of the molecule is CCOC(=O)C1CCN(c2ncnc(Nc3ccc(Br)cc3)c2[N+](=O)[O-])CC1. The summed E-state index contributed by atoms with van der Waals surface area (Å²) in [5.74, 6) is -0.0128. The van der Waals surface area contributed by atoms with Crippen LogP contribution in [0.3, 0.4) is 0 Å². The molecule has 0 saturated carbocycles. The van der Waals surface area contributed by atoms with E-state index in [1.54, 1.807) is 19.1 Å². The maximum atomic E-state index is 11.9. The summed E-state index contributed by atoms with van der Waals surface area (Å²) in [6, 6.07) is 7.24. The summed E-state index contributed by atoms with van der Waals surface area (Å²) in [5.41, 5.74) is 0.497. The lowest BCUT2D eigenvalue weighted by Crippen LogP contribution is -2.37. The Morgan fingerprint density at radius 3 is 2.61 bits per heavy atom. The molecule has 1 aliphatic rings. The summed E-state index contributed by atoms with van der Waals surface area (Å²) < 4.78 is 5.98. The summed E-state index contributed by atoms with van der Waals surface area (Å²) in [6.45, 7) is 3.09. The van der Waals surface area contributed by atoms with Gasteiger partial charge in [0.1, 0.15) is 6.33 Å². The van der Waals surface area contributed by atoms with Gasteiger partial charge in [-0.15, -0.1) is 0 Å². The van der Waals surface area contributed by atoms with Gasteiger partial charge in [-0.2, -0.15) is 0 Å². The lowest BCUT2D eigenvalue weighted by Gasteiger charge is -2.31. The maximum Gasteiger partial charge on any atom is 0.353 e. The number of nitrogens with one attached hydrogen (secondary N) is 1. The van der Waals surface area contributed by atoms with Crippen molar-refractivity contribution in [2.45, 2.75) is 19.8 Å². The molecule has 0 amide bonds. The van der Waals surface area contributed by atoms with Gasteiger partial charge in [-0.05, 0) is 44.0 Å². The fraction of sp³-hybridized carbons (Fsp3) is 0.389. The molecule has 0 bridgehead atoms. The number of piperidine rings is 1. The van der Waals surface area contributed by atoms with Crippen molar-refractivity contribution in [3.63, 3.8) is 0 Å². The van der Waals surface area contributed by atoms with E-state index < -0.39 is 4.92 Å². The van der Waals surface area contributed by atoms with Crippen molar-refractivity contribution >= 4 is 44.9 Å². The van der Waals surface area contributed by atoms with Crippen LogP contribution < -0.4 is 10.2 Å². The number of carbonyl (C=O) groups is 1. The third-order valence-corrected chi connectivity index (χ3v) is 5.04. The van der Waals surface area contributed by atoms with Crippen LogP contribution in [0, 0.1) is 16.0 Å². The molecule has 2 aromatic rings. The second-order valence-electron chi connectivity index (χ2n) is 6.30. The number of nitro groups is 1. The predicted octanol–water partition coefficient (Wildman–Crippen LogP) is 3.67. The molecule has 2 heterocycles. The minimum atomic E-state index is -0.478. The first kappa shape index (κ1) is 20.0. The summed E-state index contributed by atoms with van der Waals surface area (Å²) >= 11 is 3.36. The Bertz CT molecular complexity index is 854. The molecule has 1 fully saturated rings. The van der Waals surface area contributed by atoms with E-state index in [4.69, 9.17) is 4.74 Å². The first-order chi connectivity index (χ1) is 13.5. The summed E-state index contributed by atoms with van der Waals surface area (Å²) in [4.78, 5) is 33.2. The van der Waals surface area contributed by atoms with Gasteiger partial charge in [-0.25, -0.2) is 9.97 Å². The van der Waals surface area contributed by atoms with Crippen LogP contribution in [-0.2, 0) is 9.53 Å². The number of anilines is 3. The fourth-order valence-corrected chi connectivity index (χ4v) is 3.38. The van der Waals surface area contributed by atoms with Crippen molar-refractivity contribution in [2.75, 3.05) is 29.9 Å². The molecule has 1 aliphatic heterocycles. The summed E-state index contributed by atoms with van der Waals surface area (Å²) in [6.07, 6.45) is 2.44. The first-order valence-electron chi connectivity index (χ1n) is 8.93. The average Bonchev–Trinajstić information content (AvgIpc) is 2.69. The van der Waals surface area contributed by atoms with E-state index in [2.05, 4.69) is 31.2 Å². The highest BCUT2D eigenvalue weighted by Crippen LogP contribution is 2.35. The molecule has 1 aromatic carbocycles. The van der Waals surface area contributed by atoms with Gasteiger partial charge in [0.2, 0.25) is 11.6 Å². The first-order valence-corrected chi connectivity index (χ1v) is 9.72. The van der Waals surface area contributed by atoms with Crippen molar-refractivity contribution < 1.29 is 14.5 Å². The zero-order valence-corrected chi connectivity index (χ0v) is 16.9. The number of aromatic nitrogens is 2. The number of hydrogen-bond acceptors (Lipinski definition) is 8. The number of ether oxygens (including phenoxy) is 1. The molecular weight excluding hydrogens is 430 g/mol. The third-order valence-electron chi connectivity index (χ3n) is 4.51. The average molecular weight is 450 g/mol. The van der Waals surface area contributed by atoms with Crippen LogP contribution in [0.25, 0.3) is 0 Å². The predicted molar refractivity (Wildman–Crippen MR) is 108 cm³/mol. The molecule has 0 radical (unpaired) electrons. The van der Waals surface area contributed by atoms with Gasteiger partial charge < -0.3 is 15.0 Å². The van der Waals surface area contributed by atoms with Gasteiger partial charge in [-0.3, -0.25) is 14.9 Å². The lowest BCUT2D eigenvalue weighted by atomic mass is 9.97. The van der Waals surface area contributed by atoms with E-state index in [1.807, 2.05) is 17.0 Å². The van der Waals surface area contributed by atoms with E-state index in [0.717, 1.165) is 4.47 Å². The van der Waals surface area contributed by atoms with Crippen LogP contribution >= 0.6 is 15.9 Å². The van der Waals surface area contributed by atoms with Crippen LogP contribution in [0.2, 0.25) is 0 Å². The van der Waals surface area contributed by atoms with E-state index in [1.165, 1.54) is 6.33 Å². The van der Waals surface area contributed by atoms with E-state index in [9.17, 15) is 14.9 Å². The standard InChI is InChI=1S/C18H20BrN5O4/c1-2-28-18(25)12-7-9-23(10-8-12)17-15(24(26)27)16(20-11-21-17)22-14-5-3-13(19)4-6-14/h3-6,11-12H,2,7-10H2,1H3,(H,20,21,22). The number of halogens is 1. The monoisotopic (exact) mass is 449 g/mol. The highest BCUT2D eigenvalue weighted by molar-refractivity contribution is 9.10. The van der Waals surface area contributed by atoms with Crippen LogP contribution in [0.1, 0.15) is 19.8 Å². The highest BCUT2D eigenvalue weighted by atomic mass is 79.9. The Kier molecular flexibility index (Phi) is 6.40. The quantitative estimate of drug-likeness (QED) is 0.403. The van der Waals surface area contributed by atoms with Gasteiger partial charge in [0.05, 0.1) is 17.4 Å². The molecule has 0 spiro atoms. The van der Waals surface area contributed by atoms with E-state index >= 15 is 0 Å². The van der Waals surface area contributed by atoms with Crippen molar-refractivity contribution in [2.24, 2.45) is 5.92 Å². The number of benzene rings is 1. The Balaban J connectivity index is 1.81. The molecule has 1 aromatic heterocycles. The smallest absolute Gasteiger partial charge is 0.353 e. The van der Waals surface area contributed by atoms with Gasteiger partial charge in [0.25, 0.3) is 0 Å². The van der Waals surface area contributed by atoms with Gasteiger partial charge in [0.15, 0.2) is 0 Å². The van der Waals surface area contributed by atoms with Crippen LogP contribution in [0.5, 0.6) is 0 Å². The third kappa shape index (κ3) is 4.56. The van der Waals surface area contributed by atoms with E-state index in [0.29, 0.717) is 38.2 Å². The number of hydrogen-bond donors (Lipinski definition) is 1. The number of carbonyl (C=O) groups excluding carboxylic acids is 1. The van der Waals surface area contributed by atoms with Crippen LogP contribution in [-0.4, -0.2) is 40.6 Å². The number of nitrogens with zero attached hydrogens (tertiary/aromatic N) is 4. The van der Waals surface area contributed by atoms with Crippen molar-refractivity contribution in [1.82, 2.24) is 9.97 Å². The topological polar surface area (TPSA) is 110 Å². The molecule has 0 unspecified atom stereocenters. The molecule has 1 N–H and O–H groups in total. The molecule has 3 rings (SSSR count). The van der Waals surface area contributed by atoms with Gasteiger partial charge in [-0.1, -0.05) is 15.9 Å². The van der Waals surface area contributed by atoms with Crippen LogP contribution in [0.15, 0.2) is 35.1 Å². The summed E-state index contributed by atoms with van der Waals surface area (Å²) in [7, 11) is 0. The molecule has 10 heteroatoms.